The Hall–Kier alpha value is -3.12. The van der Waals surface area contributed by atoms with Crippen LogP contribution in [-0.2, 0) is 24.3 Å². The predicted octanol–water partition coefficient (Wildman–Crippen LogP) is 3.79. The second-order valence-electron chi connectivity index (χ2n) is 7.34. The van der Waals surface area contributed by atoms with E-state index in [4.69, 9.17) is 9.47 Å². The number of aromatic nitrogens is 2. The third-order valence-corrected chi connectivity index (χ3v) is 5.37. The molecule has 0 unspecified atom stereocenters. The van der Waals surface area contributed by atoms with Gasteiger partial charge in [0.1, 0.15) is 11.6 Å². The lowest BCUT2D eigenvalue weighted by atomic mass is 10.1. The van der Waals surface area contributed by atoms with Crippen LogP contribution < -0.4 is 4.74 Å². The second-order valence-corrected chi connectivity index (χ2v) is 7.34. The van der Waals surface area contributed by atoms with E-state index in [0.29, 0.717) is 31.9 Å². The molecule has 1 aliphatic heterocycles. The summed E-state index contributed by atoms with van der Waals surface area (Å²) in [6, 6.07) is 15.7. The van der Waals surface area contributed by atoms with Gasteiger partial charge in [-0.2, -0.15) is 0 Å². The van der Waals surface area contributed by atoms with Crippen molar-refractivity contribution in [3.8, 4) is 17.0 Å². The first-order chi connectivity index (χ1) is 14.7. The number of fused-ring (bicyclic) bond motifs is 1. The SMILES string of the molecule is CCOc1ccc(C(=O)N2CCc3ncc(-c4cccc(COC)c4)n3CC2)cc1. The zero-order valence-corrected chi connectivity index (χ0v) is 17.5. The third kappa shape index (κ3) is 4.24. The van der Waals surface area contributed by atoms with E-state index in [2.05, 4.69) is 27.8 Å². The molecular formula is C24H27N3O3. The number of benzene rings is 2. The second kappa shape index (κ2) is 9.13. The van der Waals surface area contributed by atoms with Gasteiger partial charge in [-0.1, -0.05) is 18.2 Å². The predicted molar refractivity (Wildman–Crippen MR) is 116 cm³/mol. The molecule has 0 bridgehead atoms. The molecule has 156 valence electrons. The maximum absolute atomic E-state index is 13.0. The van der Waals surface area contributed by atoms with Gasteiger partial charge in [-0.05, 0) is 42.8 Å². The van der Waals surface area contributed by atoms with Crippen LogP contribution in [0.25, 0.3) is 11.3 Å². The fraction of sp³-hybridized carbons (Fsp3) is 0.333. The molecule has 3 aromatic rings. The highest BCUT2D eigenvalue weighted by Crippen LogP contribution is 2.24. The van der Waals surface area contributed by atoms with Gasteiger partial charge in [0.05, 0.1) is 25.1 Å². The number of carbonyl (C=O) groups excluding carboxylic acids is 1. The summed E-state index contributed by atoms with van der Waals surface area (Å²) in [6.07, 6.45) is 2.67. The summed E-state index contributed by atoms with van der Waals surface area (Å²) in [6.45, 7) is 5.18. The van der Waals surface area contributed by atoms with Crippen LogP contribution in [0.15, 0.2) is 54.7 Å². The van der Waals surface area contributed by atoms with Crippen molar-refractivity contribution in [2.24, 2.45) is 0 Å². The Morgan fingerprint density at radius 2 is 1.93 bits per heavy atom. The van der Waals surface area contributed by atoms with E-state index in [-0.39, 0.29) is 5.91 Å². The molecule has 6 heteroatoms. The summed E-state index contributed by atoms with van der Waals surface area (Å²) in [5.41, 5.74) is 4.02. The Balaban J connectivity index is 1.50. The van der Waals surface area contributed by atoms with E-state index < -0.39 is 0 Å². The number of methoxy groups -OCH3 is 1. The van der Waals surface area contributed by atoms with E-state index in [0.717, 1.165) is 41.4 Å². The first kappa shape index (κ1) is 20.2. The molecule has 0 saturated heterocycles. The molecule has 4 rings (SSSR count). The van der Waals surface area contributed by atoms with Crippen molar-refractivity contribution in [1.29, 1.82) is 0 Å². The van der Waals surface area contributed by atoms with Crippen molar-refractivity contribution >= 4 is 5.91 Å². The van der Waals surface area contributed by atoms with E-state index in [1.807, 2.05) is 48.4 Å². The molecule has 0 N–H and O–H groups in total. The topological polar surface area (TPSA) is 56.6 Å². The number of rotatable bonds is 6. The van der Waals surface area contributed by atoms with Gasteiger partial charge >= 0.3 is 0 Å². The van der Waals surface area contributed by atoms with Crippen molar-refractivity contribution in [3.63, 3.8) is 0 Å². The summed E-state index contributed by atoms with van der Waals surface area (Å²) in [7, 11) is 1.70. The zero-order valence-electron chi connectivity index (χ0n) is 17.5. The lowest BCUT2D eigenvalue weighted by Crippen LogP contribution is -2.33. The van der Waals surface area contributed by atoms with Crippen LogP contribution in [-0.4, -0.2) is 47.2 Å². The van der Waals surface area contributed by atoms with Crippen LogP contribution in [0.4, 0.5) is 0 Å². The van der Waals surface area contributed by atoms with Crippen molar-refractivity contribution in [3.05, 3.63) is 71.7 Å². The van der Waals surface area contributed by atoms with Gasteiger partial charge in [-0.25, -0.2) is 4.98 Å². The molecule has 2 aromatic carbocycles. The summed E-state index contributed by atoms with van der Waals surface area (Å²) in [5, 5.41) is 0. The highest BCUT2D eigenvalue weighted by atomic mass is 16.5. The standard InChI is InChI=1S/C24H27N3O3/c1-3-30-21-9-7-19(8-10-21)24(28)26-12-11-23-25-16-22(27(23)14-13-26)20-6-4-5-18(15-20)17-29-2/h4-10,15-16H,3,11-14,17H2,1-2H3. The largest absolute Gasteiger partial charge is 0.494 e. The van der Waals surface area contributed by atoms with Gasteiger partial charge in [-0.3, -0.25) is 4.79 Å². The van der Waals surface area contributed by atoms with E-state index >= 15 is 0 Å². The van der Waals surface area contributed by atoms with E-state index in [1.165, 1.54) is 0 Å². The molecule has 2 heterocycles. The lowest BCUT2D eigenvalue weighted by molar-refractivity contribution is 0.0759. The van der Waals surface area contributed by atoms with E-state index in [9.17, 15) is 4.79 Å². The first-order valence-electron chi connectivity index (χ1n) is 10.3. The third-order valence-electron chi connectivity index (χ3n) is 5.37. The fourth-order valence-electron chi connectivity index (χ4n) is 3.89. The number of ether oxygens (including phenoxy) is 2. The van der Waals surface area contributed by atoms with Gasteiger partial charge in [-0.15, -0.1) is 0 Å². The Morgan fingerprint density at radius 1 is 1.10 bits per heavy atom. The van der Waals surface area contributed by atoms with Crippen LogP contribution in [0.1, 0.15) is 28.7 Å². The molecule has 0 spiro atoms. The molecule has 0 fully saturated rings. The van der Waals surface area contributed by atoms with Crippen LogP contribution in [0, 0.1) is 0 Å². The molecule has 6 nitrogen and oxygen atoms in total. The average Bonchev–Trinajstić information content (AvgIpc) is 3.06. The van der Waals surface area contributed by atoms with E-state index in [1.54, 1.807) is 7.11 Å². The Bertz CT molecular complexity index is 1010. The summed E-state index contributed by atoms with van der Waals surface area (Å²) in [5.74, 6) is 1.85. The first-order valence-corrected chi connectivity index (χ1v) is 10.3. The molecule has 1 amide bonds. The number of amides is 1. The van der Waals surface area contributed by atoms with Gasteiger partial charge < -0.3 is 18.9 Å². The normalized spacial score (nSPS) is 13.6. The minimum Gasteiger partial charge on any atom is -0.494 e. The molecule has 0 saturated carbocycles. The monoisotopic (exact) mass is 405 g/mol. The summed E-state index contributed by atoms with van der Waals surface area (Å²) >= 11 is 0. The van der Waals surface area contributed by atoms with Crippen molar-refractivity contribution in [2.75, 3.05) is 26.8 Å². The number of imidazole rings is 1. The van der Waals surface area contributed by atoms with Gasteiger partial charge in [0.15, 0.2) is 0 Å². The molecule has 0 radical (unpaired) electrons. The minimum atomic E-state index is 0.0486. The number of carbonyl (C=O) groups is 1. The maximum Gasteiger partial charge on any atom is 0.253 e. The summed E-state index contributed by atoms with van der Waals surface area (Å²) < 4.78 is 13.0. The highest BCUT2D eigenvalue weighted by Gasteiger charge is 2.22. The van der Waals surface area contributed by atoms with Crippen molar-refractivity contribution in [2.45, 2.75) is 26.5 Å². The van der Waals surface area contributed by atoms with Crippen LogP contribution >= 0.6 is 0 Å². The number of nitrogens with zero attached hydrogens (tertiary/aromatic N) is 3. The van der Waals surface area contributed by atoms with Gasteiger partial charge in [0.25, 0.3) is 5.91 Å². The van der Waals surface area contributed by atoms with Crippen molar-refractivity contribution < 1.29 is 14.3 Å². The van der Waals surface area contributed by atoms with Crippen molar-refractivity contribution in [1.82, 2.24) is 14.5 Å². The molecule has 1 aromatic heterocycles. The highest BCUT2D eigenvalue weighted by molar-refractivity contribution is 5.94. The molecule has 0 atom stereocenters. The number of hydrogen-bond acceptors (Lipinski definition) is 4. The van der Waals surface area contributed by atoms with Gasteiger partial charge in [0.2, 0.25) is 0 Å². The smallest absolute Gasteiger partial charge is 0.253 e. The summed E-state index contributed by atoms with van der Waals surface area (Å²) in [4.78, 5) is 19.6. The maximum atomic E-state index is 13.0. The van der Waals surface area contributed by atoms with Crippen LogP contribution in [0.5, 0.6) is 5.75 Å². The minimum absolute atomic E-state index is 0.0486. The molecule has 1 aliphatic rings. The lowest BCUT2D eigenvalue weighted by Gasteiger charge is -2.20. The molecule has 0 aliphatic carbocycles. The van der Waals surface area contributed by atoms with Gasteiger partial charge in [0, 0.05) is 44.3 Å². The Labute approximate surface area is 177 Å². The molecule has 30 heavy (non-hydrogen) atoms. The quantitative estimate of drug-likeness (QED) is 0.626. The Kier molecular flexibility index (Phi) is 6.14. The fourth-order valence-corrected chi connectivity index (χ4v) is 3.89. The average molecular weight is 405 g/mol. The van der Waals surface area contributed by atoms with Crippen LogP contribution in [0.3, 0.4) is 0 Å². The zero-order chi connectivity index (χ0) is 20.9. The number of hydrogen-bond donors (Lipinski definition) is 0. The van der Waals surface area contributed by atoms with Crippen LogP contribution in [0.2, 0.25) is 0 Å². The Morgan fingerprint density at radius 3 is 2.70 bits per heavy atom. The molecular weight excluding hydrogens is 378 g/mol.